The van der Waals surface area contributed by atoms with Gasteiger partial charge in [0.1, 0.15) is 13.2 Å². The summed E-state index contributed by atoms with van der Waals surface area (Å²) in [5.41, 5.74) is 3.11. The van der Waals surface area contributed by atoms with Crippen LogP contribution in [-0.4, -0.2) is 33.2 Å². The third kappa shape index (κ3) is 3.89. The van der Waals surface area contributed by atoms with Crippen LogP contribution in [0.25, 0.3) is 10.9 Å². The first kappa shape index (κ1) is 19.7. The predicted octanol–water partition coefficient (Wildman–Crippen LogP) is 4.05. The highest BCUT2D eigenvalue weighted by atomic mass is 32.2. The number of aromatic nitrogens is 1. The highest BCUT2D eigenvalue weighted by Gasteiger charge is 2.23. The van der Waals surface area contributed by atoms with Gasteiger partial charge in [0.05, 0.1) is 4.90 Å². The van der Waals surface area contributed by atoms with Crippen molar-refractivity contribution >= 4 is 20.9 Å². The van der Waals surface area contributed by atoms with Gasteiger partial charge < -0.3 is 14.5 Å². The summed E-state index contributed by atoms with van der Waals surface area (Å²) in [6.45, 7) is 1.09. The van der Waals surface area contributed by atoms with Gasteiger partial charge in [-0.25, -0.2) is 13.1 Å². The molecule has 0 saturated heterocycles. The van der Waals surface area contributed by atoms with E-state index in [0.717, 1.165) is 22.0 Å². The number of aromatic amines is 1. The molecule has 0 bridgehead atoms. The van der Waals surface area contributed by atoms with Gasteiger partial charge >= 0.3 is 0 Å². The smallest absolute Gasteiger partial charge is 0.240 e. The molecule has 1 atom stereocenters. The molecule has 2 N–H and O–H groups in total. The van der Waals surface area contributed by atoms with Crippen molar-refractivity contribution in [3.63, 3.8) is 0 Å². The van der Waals surface area contributed by atoms with Crippen LogP contribution in [0.1, 0.15) is 17.0 Å². The van der Waals surface area contributed by atoms with Gasteiger partial charge in [-0.2, -0.15) is 0 Å². The standard InChI is InChI=1S/C24H22N2O4S/c27-31(28,18-10-11-23-24(14-18)30-13-12-29-23)26-16-20(17-6-2-1-3-7-17)21-15-25-22-9-5-4-8-19(21)22/h1-11,14-15,20,25-26H,12-13,16H2/t20-/m1/s1. The fraction of sp³-hybridized carbons (Fsp3) is 0.167. The van der Waals surface area contributed by atoms with Crippen molar-refractivity contribution < 1.29 is 17.9 Å². The normalized spacial score (nSPS) is 14.5. The van der Waals surface area contributed by atoms with Crippen molar-refractivity contribution in [3.05, 3.63) is 90.1 Å². The minimum Gasteiger partial charge on any atom is -0.486 e. The predicted molar refractivity (Wildman–Crippen MR) is 119 cm³/mol. The third-order valence-electron chi connectivity index (χ3n) is 5.50. The number of para-hydroxylation sites is 1. The molecule has 31 heavy (non-hydrogen) atoms. The Hall–Kier alpha value is -3.29. The molecule has 1 aliphatic rings. The Kier molecular flexibility index (Phi) is 5.13. The van der Waals surface area contributed by atoms with E-state index in [0.29, 0.717) is 24.7 Å². The van der Waals surface area contributed by atoms with Gasteiger partial charge in [-0.3, -0.25) is 0 Å². The van der Waals surface area contributed by atoms with Gasteiger partial charge in [0.15, 0.2) is 11.5 Å². The molecule has 2 heterocycles. The zero-order valence-corrected chi connectivity index (χ0v) is 17.6. The van der Waals surface area contributed by atoms with Gasteiger partial charge in [-0.1, -0.05) is 48.5 Å². The number of rotatable bonds is 6. The van der Waals surface area contributed by atoms with Gasteiger partial charge in [0, 0.05) is 35.6 Å². The van der Waals surface area contributed by atoms with Crippen molar-refractivity contribution in [2.24, 2.45) is 0 Å². The average Bonchev–Trinajstić information content (AvgIpc) is 3.23. The maximum absolute atomic E-state index is 13.1. The van der Waals surface area contributed by atoms with Crippen LogP contribution >= 0.6 is 0 Å². The second kappa shape index (κ2) is 8.09. The van der Waals surface area contributed by atoms with E-state index in [-0.39, 0.29) is 17.4 Å². The van der Waals surface area contributed by atoms with Gasteiger partial charge in [0.2, 0.25) is 10.0 Å². The minimum absolute atomic E-state index is 0.149. The number of fused-ring (bicyclic) bond motifs is 2. The van der Waals surface area contributed by atoms with Crippen molar-refractivity contribution in [2.75, 3.05) is 19.8 Å². The molecule has 0 aliphatic carbocycles. The number of hydrogen-bond acceptors (Lipinski definition) is 4. The Labute approximate surface area is 180 Å². The summed E-state index contributed by atoms with van der Waals surface area (Å²) in [6, 6.07) is 22.6. The van der Waals surface area contributed by atoms with E-state index in [1.807, 2.05) is 60.8 Å². The number of ether oxygens (including phenoxy) is 2. The molecule has 0 amide bonds. The second-order valence-electron chi connectivity index (χ2n) is 7.41. The van der Waals surface area contributed by atoms with Gasteiger partial charge in [-0.05, 0) is 29.3 Å². The van der Waals surface area contributed by atoms with Crippen LogP contribution in [0, 0.1) is 0 Å². The number of hydrogen-bond donors (Lipinski definition) is 2. The van der Waals surface area contributed by atoms with E-state index in [4.69, 9.17) is 9.47 Å². The number of H-pyrrole nitrogens is 1. The van der Waals surface area contributed by atoms with Crippen LogP contribution in [0.5, 0.6) is 11.5 Å². The fourth-order valence-electron chi connectivity index (χ4n) is 3.94. The van der Waals surface area contributed by atoms with Crippen LogP contribution in [0.2, 0.25) is 0 Å². The van der Waals surface area contributed by atoms with E-state index in [1.54, 1.807) is 12.1 Å². The molecule has 0 radical (unpaired) electrons. The highest BCUT2D eigenvalue weighted by Crippen LogP contribution is 2.33. The Morgan fingerprint density at radius 3 is 2.48 bits per heavy atom. The third-order valence-corrected chi connectivity index (χ3v) is 6.92. The number of nitrogens with one attached hydrogen (secondary N) is 2. The number of benzene rings is 3. The van der Waals surface area contributed by atoms with Crippen molar-refractivity contribution in [1.82, 2.24) is 9.71 Å². The van der Waals surface area contributed by atoms with Gasteiger partial charge in [-0.15, -0.1) is 0 Å². The molecular weight excluding hydrogens is 412 g/mol. The largest absolute Gasteiger partial charge is 0.486 e. The number of sulfonamides is 1. The first-order valence-corrected chi connectivity index (χ1v) is 11.6. The van der Waals surface area contributed by atoms with Crippen molar-refractivity contribution in [2.45, 2.75) is 10.8 Å². The fourth-order valence-corrected chi connectivity index (χ4v) is 5.00. The molecule has 158 valence electrons. The molecule has 0 fully saturated rings. The van der Waals surface area contributed by atoms with Crippen LogP contribution in [0.3, 0.4) is 0 Å². The SMILES string of the molecule is O=S(=O)(NC[C@H](c1ccccc1)c1c[nH]c2ccccc12)c1ccc2c(c1)OCCO2. The van der Waals surface area contributed by atoms with E-state index in [9.17, 15) is 8.42 Å². The van der Waals surface area contributed by atoms with Crippen molar-refractivity contribution in [1.29, 1.82) is 0 Å². The average molecular weight is 435 g/mol. The molecule has 0 unspecified atom stereocenters. The van der Waals surface area contributed by atoms with E-state index in [1.165, 1.54) is 6.07 Å². The minimum atomic E-state index is -3.74. The Balaban J connectivity index is 1.46. The molecule has 4 aromatic rings. The molecule has 6 nitrogen and oxygen atoms in total. The summed E-state index contributed by atoms with van der Waals surface area (Å²) < 4.78 is 40.0. The lowest BCUT2D eigenvalue weighted by Gasteiger charge is -2.20. The first-order valence-electron chi connectivity index (χ1n) is 10.1. The summed E-state index contributed by atoms with van der Waals surface area (Å²) in [6.07, 6.45) is 1.96. The monoisotopic (exact) mass is 434 g/mol. The lowest BCUT2D eigenvalue weighted by Crippen LogP contribution is -2.29. The van der Waals surface area contributed by atoms with Crippen LogP contribution in [0.15, 0.2) is 83.9 Å². The summed E-state index contributed by atoms with van der Waals surface area (Å²) in [4.78, 5) is 3.45. The maximum Gasteiger partial charge on any atom is 0.240 e. The molecule has 0 saturated carbocycles. The summed E-state index contributed by atoms with van der Waals surface area (Å²) in [5.74, 6) is 0.862. The molecule has 5 rings (SSSR count). The maximum atomic E-state index is 13.1. The Bertz CT molecular complexity index is 1320. The first-order chi connectivity index (χ1) is 15.1. The second-order valence-corrected chi connectivity index (χ2v) is 9.18. The lowest BCUT2D eigenvalue weighted by molar-refractivity contribution is 0.171. The zero-order valence-electron chi connectivity index (χ0n) is 16.7. The van der Waals surface area contributed by atoms with Crippen LogP contribution < -0.4 is 14.2 Å². The van der Waals surface area contributed by atoms with Gasteiger partial charge in [0.25, 0.3) is 0 Å². The summed E-state index contributed by atoms with van der Waals surface area (Å²) in [7, 11) is -3.74. The Morgan fingerprint density at radius 1 is 0.903 bits per heavy atom. The van der Waals surface area contributed by atoms with E-state index >= 15 is 0 Å². The van der Waals surface area contributed by atoms with Crippen molar-refractivity contribution in [3.8, 4) is 11.5 Å². The molecular formula is C24H22N2O4S. The molecule has 1 aromatic heterocycles. The molecule has 3 aromatic carbocycles. The van der Waals surface area contributed by atoms with Crippen LogP contribution in [0.4, 0.5) is 0 Å². The molecule has 7 heteroatoms. The summed E-state index contributed by atoms with van der Waals surface area (Å²) >= 11 is 0. The zero-order chi connectivity index (χ0) is 21.3. The molecule has 1 aliphatic heterocycles. The molecule has 0 spiro atoms. The topological polar surface area (TPSA) is 80.4 Å². The quantitative estimate of drug-likeness (QED) is 0.480. The van der Waals surface area contributed by atoms with Crippen LogP contribution in [-0.2, 0) is 10.0 Å². The summed E-state index contributed by atoms with van der Waals surface area (Å²) in [5, 5.41) is 1.08. The van der Waals surface area contributed by atoms with E-state index in [2.05, 4.69) is 9.71 Å². The highest BCUT2D eigenvalue weighted by molar-refractivity contribution is 7.89. The lowest BCUT2D eigenvalue weighted by atomic mass is 9.91. The van der Waals surface area contributed by atoms with E-state index < -0.39 is 10.0 Å². The Morgan fingerprint density at radius 2 is 1.65 bits per heavy atom.